The molecule has 0 spiro atoms. The van der Waals surface area contributed by atoms with Crippen molar-refractivity contribution >= 4 is 28.3 Å². The summed E-state index contributed by atoms with van der Waals surface area (Å²) in [6, 6.07) is 0. The third kappa shape index (κ3) is 4.33. The molecule has 1 amide bonds. The molecule has 1 aromatic rings. The lowest BCUT2D eigenvalue weighted by Crippen LogP contribution is -2.35. The van der Waals surface area contributed by atoms with Crippen LogP contribution in [0.25, 0.3) is 0 Å². The Morgan fingerprint density at radius 2 is 2.22 bits per heavy atom. The molecule has 0 radical (unpaired) electrons. The molecule has 1 heterocycles. The highest BCUT2D eigenvalue weighted by molar-refractivity contribution is 7.13. The Kier molecular flexibility index (Phi) is 4.66. The first-order valence-corrected chi connectivity index (χ1v) is 6.41. The average molecular weight is 271 g/mol. The first-order valence-electron chi connectivity index (χ1n) is 5.53. The number of anilines is 1. The molecule has 0 atom stereocenters. The first-order chi connectivity index (χ1) is 8.34. The minimum atomic E-state index is -0.504. The molecule has 0 aromatic carbocycles. The highest BCUT2D eigenvalue weighted by atomic mass is 32.1. The van der Waals surface area contributed by atoms with Crippen LogP contribution in [0.1, 0.15) is 37.7 Å². The number of amides is 1. The summed E-state index contributed by atoms with van der Waals surface area (Å²) in [5, 5.41) is 5.24. The van der Waals surface area contributed by atoms with Gasteiger partial charge in [-0.25, -0.2) is 9.78 Å². The van der Waals surface area contributed by atoms with Gasteiger partial charge in [-0.15, -0.1) is 11.3 Å². The molecule has 0 saturated heterocycles. The summed E-state index contributed by atoms with van der Waals surface area (Å²) in [7, 11) is 0. The second-order valence-electron chi connectivity index (χ2n) is 4.41. The molecule has 0 aliphatic heterocycles. The number of thiazole rings is 1. The normalized spacial score (nSPS) is 11.1. The third-order valence-electron chi connectivity index (χ3n) is 2.05. The minimum absolute atomic E-state index is 0.182. The van der Waals surface area contributed by atoms with E-state index in [1.165, 1.54) is 11.3 Å². The van der Waals surface area contributed by atoms with E-state index in [-0.39, 0.29) is 12.1 Å². The van der Waals surface area contributed by atoms with Gasteiger partial charge in [0.25, 0.3) is 0 Å². The van der Waals surface area contributed by atoms with Gasteiger partial charge in [-0.3, -0.25) is 4.79 Å². The number of carbonyl (C=O) groups is 2. The molecule has 1 rings (SSSR count). The Morgan fingerprint density at radius 3 is 2.78 bits per heavy atom. The maximum Gasteiger partial charge on any atom is 0.357 e. The topological polar surface area (TPSA) is 94.3 Å². The van der Waals surface area contributed by atoms with Crippen molar-refractivity contribution in [3.63, 3.8) is 0 Å². The highest BCUT2D eigenvalue weighted by Gasteiger charge is 2.22. The fourth-order valence-corrected chi connectivity index (χ4v) is 2.26. The number of nitrogens with zero attached hydrogens (tertiary/aromatic N) is 1. The lowest BCUT2D eigenvalue weighted by atomic mass is 10.0. The Morgan fingerprint density at radius 1 is 1.56 bits per heavy atom. The maximum atomic E-state index is 11.4. The van der Waals surface area contributed by atoms with Gasteiger partial charge >= 0.3 is 5.97 Å². The SMILES string of the molecule is CCOC(=O)c1csc(NC(C)(C)CC(N)=O)n1. The summed E-state index contributed by atoms with van der Waals surface area (Å²) >= 11 is 1.28. The lowest BCUT2D eigenvalue weighted by Gasteiger charge is -2.24. The smallest absolute Gasteiger partial charge is 0.357 e. The van der Waals surface area contributed by atoms with Gasteiger partial charge in [0.1, 0.15) is 0 Å². The molecule has 0 fully saturated rings. The Bertz CT molecular complexity index is 442. The van der Waals surface area contributed by atoms with Crippen LogP contribution < -0.4 is 11.1 Å². The average Bonchev–Trinajstić information content (AvgIpc) is 2.63. The van der Waals surface area contributed by atoms with Crippen LogP contribution in [-0.2, 0) is 9.53 Å². The van der Waals surface area contributed by atoms with Crippen LogP contribution in [0.15, 0.2) is 5.38 Å². The zero-order valence-corrected chi connectivity index (χ0v) is 11.5. The zero-order chi connectivity index (χ0) is 13.8. The molecule has 18 heavy (non-hydrogen) atoms. The van der Waals surface area contributed by atoms with Crippen LogP contribution in [0.4, 0.5) is 5.13 Å². The van der Waals surface area contributed by atoms with Crippen molar-refractivity contribution in [3.8, 4) is 0 Å². The van der Waals surface area contributed by atoms with Gasteiger partial charge in [0.15, 0.2) is 10.8 Å². The van der Waals surface area contributed by atoms with E-state index in [1.807, 2.05) is 13.8 Å². The number of hydrogen-bond acceptors (Lipinski definition) is 6. The van der Waals surface area contributed by atoms with Gasteiger partial charge in [-0.2, -0.15) is 0 Å². The number of carbonyl (C=O) groups excluding carboxylic acids is 2. The minimum Gasteiger partial charge on any atom is -0.461 e. The zero-order valence-electron chi connectivity index (χ0n) is 10.6. The standard InChI is InChI=1S/C11H17N3O3S/c1-4-17-9(16)7-6-18-10(13-7)14-11(2,3)5-8(12)15/h6H,4-5H2,1-3H3,(H2,12,15)(H,13,14). The summed E-state index contributed by atoms with van der Waals surface area (Å²) in [4.78, 5) is 26.4. The van der Waals surface area contributed by atoms with Gasteiger partial charge in [0.2, 0.25) is 5.91 Å². The van der Waals surface area contributed by atoms with Crippen molar-refractivity contribution in [3.05, 3.63) is 11.1 Å². The summed E-state index contributed by atoms with van der Waals surface area (Å²) < 4.78 is 4.84. The number of esters is 1. The Balaban J connectivity index is 2.69. The summed E-state index contributed by atoms with van der Waals surface area (Å²) in [6.07, 6.45) is 0.182. The molecular weight excluding hydrogens is 254 g/mol. The van der Waals surface area contributed by atoms with E-state index < -0.39 is 17.4 Å². The Labute approximate surface area is 110 Å². The molecule has 6 nitrogen and oxygen atoms in total. The second-order valence-corrected chi connectivity index (χ2v) is 5.27. The molecule has 100 valence electrons. The van der Waals surface area contributed by atoms with Crippen molar-refractivity contribution in [1.82, 2.24) is 4.98 Å². The molecule has 0 saturated carbocycles. The van der Waals surface area contributed by atoms with E-state index in [0.717, 1.165) is 0 Å². The number of nitrogens with one attached hydrogen (secondary N) is 1. The van der Waals surface area contributed by atoms with Gasteiger partial charge in [0.05, 0.1) is 6.61 Å². The number of primary amides is 1. The highest BCUT2D eigenvalue weighted by Crippen LogP contribution is 2.22. The van der Waals surface area contributed by atoms with Crippen molar-refractivity contribution in [2.75, 3.05) is 11.9 Å². The summed E-state index contributed by atoms with van der Waals surface area (Å²) in [6.45, 7) is 5.72. The molecule has 1 aromatic heterocycles. The fourth-order valence-electron chi connectivity index (χ4n) is 1.40. The van der Waals surface area contributed by atoms with Gasteiger partial charge in [0, 0.05) is 17.3 Å². The van der Waals surface area contributed by atoms with E-state index in [1.54, 1.807) is 12.3 Å². The lowest BCUT2D eigenvalue weighted by molar-refractivity contribution is -0.118. The summed E-state index contributed by atoms with van der Waals surface area (Å²) in [5.41, 5.74) is 4.91. The number of nitrogens with two attached hydrogens (primary N) is 1. The van der Waals surface area contributed by atoms with Crippen molar-refractivity contribution in [1.29, 1.82) is 0 Å². The molecule has 7 heteroatoms. The van der Waals surface area contributed by atoms with E-state index in [9.17, 15) is 9.59 Å². The molecule has 0 unspecified atom stereocenters. The molecule has 0 aliphatic rings. The quantitative estimate of drug-likeness (QED) is 0.762. The monoisotopic (exact) mass is 271 g/mol. The summed E-state index contributed by atoms with van der Waals surface area (Å²) in [5.74, 6) is -0.843. The molecule has 0 bridgehead atoms. The number of aromatic nitrogens is 1. The van der Waals surface area contributed by atoms with E-state index >= 15 is 0 Å². The predicted molar refractivity (Wildman–Crippen MR) is 69.6 cm³/mol. The van der Waals surface area contributed by atoms with E-state index in [0.29, 0.717) is 11.7 Å². The van der Waals surface area contributed by atoms with E-state index in [4.69, 9.17) is 10.5 Å². The number of rotatable bonds is 6. The molecular formula is C11H17N3O3S. The van der Waals surface area contributed by atoms with E-state index in [2.05, 4.69) is 10.3 Å². The van der Waals surface area contributed by atoms with Crippen LogP contribution in [-0.4, -0.2) is 29.0 Å². The van der Waals surface area contributed by atoms with Crippen LogP contribution in [0.3, 0.4) is 0 Å². The van der Waals surface area contributed by atoms with Gasteiger partial charge < -0.3 is 15.8 Å². The van der Waals surface area contributed by atoms with Crippen LogP contribution in [0.5, 0.6) is 0 Å². The number of hydrogen-bond donors (Lipinski definition) is 2. The van der Waals surface area contributed by atoms with Crippen LogP contribution >= 0.6 is 11.3 Å². The maximum absolute atomic E-state index is 11.4. The number of ether oxygens (including phenoxy) is 1. The Hall–Kier alpha value is -1.63. The van der Waals surface area contributed by atoms with Crippen LogP contribution in [0, 0.1) is 0 Å². The predicted octanol–water partition coefficient (Wildman–Crippen LogP) is 1.39. The van der Waals surface area contributed by atoms with Gasteiger partial charge in [-0.05, 0) is 20.8 Å². The second kappa shape index (κ2) is 5.81. The van der Waals surface area contributed by atoms with Crippen molar-refractivity contribution in [2.24, 2.45) is 5.73 Å². The van der Waals surface area contributed by atoms with Crippen molar-refractivity contribution in [2.45, 2.75) is 32.7 Å². The third-order valence-corrected chi connectivity index (χ3v) is 2.81. The largest absolute Gasteiger partial charge is 0.461 e. The fraction of sp³-hybridized carbons (Fsp3) is 0.545. The first kappa shape index (κ1) is 14.4. The molecule has 3 N–H and O–H groups in total. The van der Waals surface area contributed by atoms with Crippen LogP contribution in [0.2, 0.25) is 0 Å². The van der Waals surface area contributed by atoms with Gasteiger partial charge in [-0.1, -0.05) is 0 Å². The van der Waals surface area contributed by atoms with Crippen molar-refractivity contribution < 1.29 is 14.3 Å². The molecule has 0 aliphatic carbocycles.